The van der Waals surface area contributed by atoms with Gasteiger partial charge in [-0.1, -0.05) is 41.9 Å². The average molecular weight is 285 g/mol. The van der Waals surface area contributed by atoms with Crippen LogP contribution in [0.1, 0.15) is 11.1 Å². The van der Waals surface area contributed by atoms with E-state index in [0.717, 1.165) is 12.0 Å². The molecule has 0 unspecified atom stereocenters. The first kappa shape index (κ1) is 14.0. The van der Waals surface area contributed by atoms with Crippen LogP contribution in [0.25, 0.3) is 0 Å². The number of nitrogens with zero attached hydrogens (tertiary/aromatic N) is 3. The molecule has 5 heteroatoms. The highest BCUT2D eigenvalue weighted by molar-refractivity contribution is 6.29. The second-order valence-electron chi connectivity index (χ2n) is 4.07. The highest BCUT2D eigenvalue weighted by Gasteiger charge is 2.03. The lowest BCUT2D eigenvalue weighted by molar-refractivity contribution is 0.958. The number of nitrogens with one attached hydrogen (secondary N) is 1. The topological polar surface area (TPSA) is 61.1 Å². The van der Waals surface area contributed by atoms with Gasteiger partial charge in [0.1, 0.15) is 11.0 Å². The Morgan fingerprint density at radius 3 is 2.70 bits per heavy atom. The number of benzene rings is 1. The predicted molar refractivity (Wildman–Crippen MR) is 79.5 cm³/mol. The van der Waals surface area contributed by atoms with E-state index in [1.807, 2.05) is 24.4 Å². The fraction of sp³-hybridized carbons (Fsp3) is 0.133. The van der Waals surface area contributed by atoms with Crippen LogP contribution in [-0.2, 0) is 6.42 Å². The summed E-state index contributed by atoms with van der Waals surface area (Å²) in [5.74, 6) is 0.507. The normalized spacial score (nSPS) is 10.9. The quantitative estimate of drug-likeness (QED) is 0.309. The molecule has 0 aliphatic heterocycles. The number of aliphatic imine (C=N–C) groups is 1. The molecular formula is C15H13ClN4. The number of rotatable bonds is 4. The number of pyridine rings is 1. The molecule has 0 amide bonds. The fourth-order valence-electron chi connectivity index (χ4n) is 1.71. The van der Waals surface area contributed by atoms with Gasteiger partial charge in [-0.05, 0) is 24.1 Å². The third-order valence-corrected chi connectivity index (χ3v) is 2.91. The molecule has 0 radical (unpaired) electrons. The minimum Gasteiger partial charge on any atom is -0.277 e. The Kier molecular flexibility index (Phi) is 5.10. The van der Waals surface area contributed by atoms with Crippen LogP contribution < -0.4 is 5.32 Å². The van der Waals surface area contributed by atoms with Crippen LogP contribution in [0.4, 0.5) is 0 Å². The van der Waals surface area contributed by atoms with E-state index in [9.17, 15) is 0 Å². The monoisotopic (exact) mass is 284 g/mol. The number of hydrogen-bond acceptors (Lipinski definition) is 3. The summed E-state index contributed by atoms with van der Waals surface area (Å²) in [6.07, 6.45) is 4.30. The van der Waals surface area contributed by atoms with Crippen molar-refractivity contribution in [1.82, 2.24) is 10.3 Å². The SMILES string of the molecule is N#CNC(=NCCc1ccccc1)c1ccc(Cl)nc1. The molecule has 100 valence electrons. The molecule has 1 heterocycles. The second kappa shape index (κ2) is 7.27. The summed E-state index contributed by atoms with van der Waals surface area (Å²) >= 11 is 5.74. The zero-order chi connectivity index (χ0) is 14.2. The molecule has 2 rings (SSSR count). The molecule has 0 saturated heterocycles. The number of hydrogen-bond donors (Lipinski definition) is 1. The zero-order valence-corrected chi connectivity index (χ0v) is 11.5. The van der Waals surface area contributed by atoms with E-state index < -0.39 is 0 Å². The van der Waals surface area contributed by atoms with Crippen LogP contribution in [0.15, 0.2) is 53.7 Å². The number of aromatic nitrogens is 1. The molecule has 0 bridgehead atoms. The number of amidine groups is 1. The van der Waals surface area contributed by atoms with Crippen molar-refractivity contribution in [1.29, 1.82) is 5.26 Å². The molecule has 2 aromatic rings. The van der Waals surface area contributed by atoms with Crippen molar-refractivity contribution in [2.24, 2.45) is 4.99 Å². The Morgan fingerprint density at radius 1 is 1.25 bits per heavy atom. The van der Waals surface area contributed by atoms with E-state index in [-0.39, 0.29) is 0 Å². The van der Waals surface area contributed by atoms with Crippen molar-refractivity contribution < 1.29 is 0 Å². The third-order valence-electron chi connectivity index (χ3n) is 2.69. The Hall–Kier alpha value is -2.38. The maximum Gasteiger partial charge on any atom is 0.182 e. The van der Waals surface area contributed by atoms with Crippen molar-refractivity contribution in [3.8, 4) is 6.19 Å². The Morgan fingerprint density at radius 2 is 2.05 bits per heavy atom. The summed E-state index contributed by atoms with van der Waals surface area (Å²) in [6, 6.07) is 13.5. The van der Waals surface area contributed by atoms with Gasteiger partial charge < -0.3 is 0 Å². The molecule has 0 atom stereocenters. The van der Waals surface area contributed by atoms with Crippen LogP contribution in [0, 0.1) is 11.5 Å². The lowest BCUT2D eigenvalue weighted by atomic mass is 10.1. The Balaban J connectivity index is 2.06. The maximum atomic E-state index is 8.78. The number of nitriles is 1. The number of halogens is 1. The molecule has 1 N–H and O–H groups in total. The molecule has 0 saturated carbocycles. The summed E-state index contributed by atoms with van der Waals surface area (Å²) in [5, 5.41) is 11.8. The Bertz CT molecular complexity index is 615. The standard InChI is InChI=1S/C15H13ClN4/c16-14-7-6-13(10-19-14)15(20-11-17)18-9-8-12-4-2-1-3-5-12/h1-7,10H,8-9H2,(H,18,20). The molecule has 1 aromatic heterocycles. The van der Waals surface area contributed by atoms with Gasteiger partial charge in [0.05, 0.1) is 0 Å². The molecule has 0 aliphatic carbocycles. The zero-order valence-electron chi connectivity index (χ0n) is 10.8. The van der Waals surface area contributed by atoms with E-state index in [0.29, 0.717) is 17.5 Å². The molecule has 4 nitrogen and oxygen atoms in total. The maximum absolute atomic E-state index is 8.78. The van der Waals surface area contributed by atoms with Crippen molar-refractivity contribution >= 4 is 17.4 Å². The summed E-state index contributed by atoms with van der Waals surface area (Å²) in [5.41, 5.74) is 1.95. The van der Waals surface area contributed by atoms with Gasteiger partial charge >= 0.3 is 0 Å². The lowest BCUT2D eigenvalue weighted by Gasteiger charge is -2.04. The highest BCUT2D eigenvalue weighted by Crippen LogP contribution is 2.06. The second-order valence-corrected chi connectivity index (χ2v) is 4.46. The van der Waals surface area contributed by atoms with Gasteiger partial charge in [0.2, 0.25) is 0 Å². The fourth-order valence-corrected chi connectivity index (χ4v) is 1.83. The van der Waals surface area contributed by atoms with Crippen LogP contribution in [0.3, 0.4) is 0 Å². The minimum absolute atomic E-state index is 0.411. The van der Waals surface area contributed by atoms with Crippen LogP contribution >= 0.6 is 11.6 Å². The Labute approximate surface area is 122 Å². The first-order chi connectivity index (χ1) is 9.79. The van der Waals surface area contributed by atoms with Crippen molar-refractivity contribution in [2.75, 3.05) is 6.54 Å². The first-order valence-corrected chi connectivity index (χ1v) is 6.53. The highest BCUT2D eigenvalue weighted by atomic mass is 35.5. The largest absolute Gasteiger partial charge is 0.277 e. The van der Waals surface area contributed by atoms with Crippen molar-refractivity contribution in [3.05, 3.63) is 64.9 Å². The summed E-state index contributed by atoms with van der Waals surface area (Å²) in [4.78, 5) is 8.39. The van der Waals surface area contributed by atoms with Gasteiger partial charge in [-0.15, -0.1) is 0 Å². The lowest BCUT2D eigenvalue weighted by Crippen LogP contribution is -2.20. The van der Waals surface area contributed by atoms with Gasteiger partial charge in [0.15, 0.2) is 6.19 Å². The predicted octanol–water partition coefficient (Wildman–Crippen LogP) is 2.79. The van der Waals surface area contributed by atoms with Crippen LogP contribution in [0.2, 0.25) is 5.15 Å². The van der Waals surface area contributed by atoms with E-state index in [1.165, 1.54) is 5.56 Å². The van der Waals surface area contributed by atoms with Crippen LogP contribution in [0.5, 0.6) is 0 Å². The van der Waals surface area contributed by atoms with Crippen molar-refractivity contribution in [3.63, 3.8) is 0 Å². The van der Waals surface area contributed by atoms with Gasteiger partial charge in [-0.2, -0.15) is 5.26 Å². The van der Waals surface area contributed by atoms with E-state index >= 15 is 0 Å². The van der Waals surface area contributed by atoms with Gasteiger partial charge in [-0.3, -0.25) is 10.3 Å². The molecule has 1 aromatic carbocycles. The molecule has 0 spiro atoms. The molecule has 20 heavy (non-hydrogen) atoms. The summed E-state index contributed by atoms with van der Waals surface area (Å²) in [6.45, 7) is 0.594. The summed E-state index contributed by atoms with van der Waals surface area (Å²) < 4.78 is 0. The average Bonchev–Trinajstić information content (AvgIpc) is 2.48. The smallest absolute Gasteiger partial charge is 0.182 e. The molecule has 0 fully saturated rings. The summed E-state index contributed by atoms with van der Waals surface area (Å²) in [7, 11) is 0. The minimum atomic E-state index is 0.411. The van der Waals surface area contributed by atoms with E-state index in [4.69, 9.17) is 16.9 Å². The van der Waals surface area contributed by atoms with Gasteiger partial charge in [0, 0.05) is 18.3 Å². The van der Waals surface area contributed by atoms with Crippen molar-refractivity contribution in [2.45, 2.75) is 6.42 Å². The van der Waals surface area contributed by atoms with E-state index in [1.54, 1.807) is 18.3 Å². The van der Waals surface area contributed by atoms with Crippen LogP contribution in [-0.4, -0.2) is 17.4 Å². The van der Waals surface area contributed by atoms with E-state index in [2.05, 4.69) is 27.4 Å². The third kappa shape index (κ3) is 4.08. The molecular weight excluding hydrogens is 272 g/mol. The molecule has 0 aliphatic rings. The first-order valence-electron chi connectivity index (χ1n) is 6.15. The van der Waals surface area contributed by atoms with Gasteiger partial charge in [-0.25, -0.2) is 4.98 Å². The van der Waals surface area contributed by atoms with Gasteiger partial charge in [0.25, 0.3) is 0 Å².